The van der Waals surface area contributed by atoms with E-state index in [9.17, 15) is 9.59 Å². The van der Waals surface area contributed by atoms with Gasteiger partial charge < -0.3 is 4.74 Å². The zero-order valence-corrected chi connectivity index (χ0v) is 16.6. The SMILES string of the molecule is CC(C)OC(=O)Nc1cccc(-c2ccnc3c(C(=O)c4cccs4)cnn23)c1. The van der Waals surface area contributed by atoms with E-state index in [1.165, 1.54) is 17.5 Å². The molecule has 0 aliphatic heterocycles. The van der Waals surface area contributed by atoms with Crippen molar-refractivity contribution in [1.29, 1.82) is 0 Å². The molecule has 1 aromatic carbocycles. The van der Waals surface area contributed by atoms with E-state index in [-0.39, 0.29) is 11.9 Å². The van der Waals surface area contributed by atoms with Crippen LogP contribution in [0.5, 0.6) is 0 Å². The van der Waals surface area contributed by atoms with Crippen molar-refractivity contribution in [3.63, 3.8) is 0 Å². The molecule has 0 aliphatic rings. The molecule has 0 saturated carbocycles. The monoisotopic (exact) mass is 406 g/mol. The van der Waals surface area contributed by atoms with Crippen LogP contribution in [0.3, 0.4) is 0 Å². The predicted octanol–water partition coefficient (Wildman–Crippen LogP) is 4.65. The van der Waals surface area contributed by atoms with Crippen molar-refractivity contribution in [3.05, 3.63) is 70.7 Å². The van der Waals surface area contributed by atoms with Gasteiger partial charge in [-0.1, -0.05) is 18.2 Å². The summed E-state index contributed by atoms with van der Waals surface area (Å²) in [7, 11) is 0. The van der Waals surface area contributed by atoms with Gasteiger partial charge in [-0.25, -0.2) is 14.3 Å². The largest absolute Gasteiger partial charge is 0.447 e. The van der Waals surface area contributed by atoms with Crippen LogP contribution in [-0.2, 0) is 4.74 Å². The number of hydrogen-bond donors (Lipinski definition) is 1. The Morgan fingerprint density at radius 3 is 2.79 bits per heavy atom. The topological polar surface area (TPSA) is 85.6 Å². The van der Waals surface area contributed by atoms with Crippen LogP contribution in [0.2, 0.25) is 0 Å². The minimum absolute atomic E-state index is 0.105. The average Bonchev–Trinajstić information content (AvgIpc) is 3.37. The van der Waals surface area contributed by atoms with Crippen LogP contribution in [0.15, 0.2) is 60.2 Å². The molecule has 8 heteroatoms. The average molecular weight is 406 g/mol. The fraction of sp³-hybridized carbons (Fsp3) is 0.143. The van der Waals surface area contributed by atoms with Gasteiger partial charge in [-0.2, -0.15) is 5.10 Å². The van der Waals surface area contributed by atoms with Crippen molar-refractivity contribution >= 4 is 34.5 Å². The molecule has 1 amide bonds. The summed E-state index contributed by atoms with van der Waals surface area (Å²) >= 11 is 1.38. The van der Waals surface area contributed by atoms with E-state index in [0.717, 1.165) is 11.3 Å². The maximum atomic E-state index is 12.7. The molecule has 0 radical (unpaired) electrons. The molecule has 0 aliphatic carbocycles. The van der Waals surface area contributed by atoms with Crippen molar-refractivity contribution in [2.45, 2.75) is 20.0 Å². The zero-order valence-electron chi connectivity index (χ0n) is 15.8. The molecule has 29 heavy (non-hydrogen) atoms. The fourth-order valence-corrected chi connectivity index (χ4v) is 3.61. The van der Waals surface area contributed by atoms with Crippen molar-refractivity contribution in [2.24, 2.45) is 0 Å². The molecule has 0 saturated heterocycles. The molecule has 0 bridgehead atoms. The molecule has 1 N–H and O–H groups in total. The highest BCUT2D eigenvalue weighted by atomic mass is 32.1. The number of benzene rings is 1. The molecule has 3 aromatic heterocycles. The van der Waals surface area contributed by atoms with E-state index in [0.29, 0.717) is 21.8 Å². The third kappa shape index (κ3) is 3.88. The van der Waals surface area contributed by atoms with Crippen LogP contribution >= 0.6 is 11.3 Å². The number of carbonyl (C=O) groups is 2. The highest BCUT2D eigenvalue weighted by molar-refractivity contribution is 7.12. The summed E-state index contributed by atoms with van der Waals surface area (Å²) < 4.78 is 6.75. The second-order valence-electron chi connectivity index (χ2n) is 6.59. The minimum atomic E-state index is -0.514. The van der Waals surface area contributed by atoms with Crippen LogP contribution in [0, 0.1) is 0 Å². The first-order valence-electron chi connectivity index (χ1n) is 9.02. The quantitative estimate of drug-likeness (QED) is 0.488. The zero-order chi connectivity index (χ0) is 20.4. The summed E-state index contributed by atoms with van der Waals surface area (Å²) in [6.45, 7) is 3.58. The summed E-state index contributed by atoms with van der Waals surface area (Å²) in [6, 6.07) is 12.8. The Labute approximate surface area is 171 Å². The van der Waals surface area contributed by atoms with Gasteiger partial charge in [0.2, 0.25) is 5.78 Å². The van der Waals surface area contributed by atoms with E-state index in [1.54, 1.807) is 36.7 Å². The maximum absolute atomic E-state index is 12.7. The smallest absolute Gasteiger partial charge is 0.411 e. The second-order valence-corrected chi connectivity index (χ2v) is 7.54. The Morgan fingerprint density at radius 2 is 2.03 bits per heavy atom. The van der Waals surface area contributed by atoms with Crippen molar-refractivity contribution in [2.75, 3.05) is 5.32 Å². The molecule has 0 unspecified atom stereocenters. The first-order valence-corrected chi connectivity index (χ1v) is 9.90. The molecule has 3 heterocycles. The number of ketones is 1. The number of aromatic nitrogens is 3. The highest BCUT2D eigenvalue weighted by Gasteiger charge is 2.18. The molecule has 146 valence electrons. The van der Waals surface area contributed by atoms with E-state index in [4.69, 9.17) is 4.74 Å². The molecule has 7 nitrogen and oxygen atoms in total. The first kappa shape index (κ1) is 18.8. The number of thiophene rings is 1. The Balaban J connectivity index is 1.69. The molecular weight excluding hydrogens is 388 g/mol. The normalized spacial score (nSPS) is 11.0. The van der Waals surface area contributed by atoms with E-state index in [1.807, 2.05) is 35.7 Å². The third-order valence-corrected chi connectivity index (χ3v) is 5.01. The molecule has 4 rings (SSSR count). The standard InChI is InChI=1S/C21H18N4O3S/c1-13(2)28-21(27)24-15-6-3-5-14(11-15)17-8-9-22-20-16(12-23-25(17)20)19(26)18-7-4-10-29-18/h3-13H,1-2H3,(H,24,27). The van der Waals surface area contributed by atoms with Gasteiger partial charge in [0.15, 0.2) is 5.65 Å². The summed E-state index contributed by atoms with van der Waals surface area (Å²) in [5.74, 6) is -0.105. The minimum Gasteiger partial charge on any atom is -0.447 e. The van der Waals surface area contributed by atoms with Gasteiger partial charge in [-0.15, -0.1) is 11.3 Å². The summed E-state index contributed by atoms with van der Waals surface area (Å²) in [5, 5.41) is 8.96. The molecule has 0 atom stereocenters. The lowest BCUT2D eigenvalue weighted by Crippen LogP contribution is -2.17. The second kappa shape index (κ2) is 7.84. The lowest BCUT2D eigenvalue weighted by atomic mass is 10.1. The van der Waals surface area contributed by atoms with Gasteiger partial charge in [0, 0.05) is 17.4 Å². The van der Waals surface area contributed by atoms with Crippen molar-refractivity contribution in [3.8, 4) is 11.3 Å². The summed E-state index contributed by atoms with van der Waals surface area (Å²) in [5.41, 5.74) is 3.10. The highest BCUT2D eigenvalue weighted by Crippen LogP contribution is 2.25. The molecule has 0 fully saturated rings. The lowest BCUT2D eigenvalue weighted by Gasteiger charge is -2.11. The molecule has 0 spiro atoms. The van der Waals surface area contributed by atoms with Crippen LogP contribution in [0.1, 0.15) is 29.1 Å². The van der Waals surface area contributed by atoms with Gasteiger partial charge in [-0.3, -0.25) is 10.1 Å². The van der Waals surface area contributed by atoms with Crippen LogP contribution < -0.4 is 5.32 Å². The first-order chi connectivity index (χ1) is 14.0. The molecule has 4 aromatic rings. The van der Waals surface area contributed by atoms with Crippen molar-refractivity contribution in [1.82, 2.24) is 14.6 Å². The van der Waals surface area contributed by atoms with E-state index < -0.39 is 6.09 Å². The Hall–Kier alpha value is -3.52. The van der Waals surface area contributed by atoms with Gasteiger partial charge in [-0.05, 0) is 43.5 Å². The van der Waals surface area contributed by atoms with Gasteiger partial charge in [0.1, 0.15) is 0 Å². The summed E-state index contributed by atoms with van der Waals surface area (Å²) in [6.07, 6.45) is 2.46. The van der Waals surface area contributed by atoms with Gasteiger partial charge >= 0.3 is 6.09 Å². The van der Waals surface area contributed by atoms with Crippen molar-refractivity contribution < 1.29 is 14.3 Å². The summed E-state index contributed by atoms with van der Waals surface area (Å²) in [4.78, 5) is 29.6. The Bertz CT molecular complexity index is 1180. The Morgan fingerprint density at radius 1 is 1.17 bits per heavy atom. The number of anilines is 1. The number of ether oxygens (including phenoxy) is 1. The maximum Gasteiger partial charge on any atom is 0.411 e. The van der Waals surface area contributed by atoms with Crippen LogP contribution in [0.25, 0.3) is 16.9 Å². The van der Waals surface area contributed by atoms with E-state index >= 15 is 0 Å². The number of carbonyl (C=O) groups excluding carboxylic acids is 2. The van der Waals surface area contributed by atoms with Gasteiger partial charge in [0.25, 0.3) is 0 Å². The number of fused-ring (bicyclic) bond motifs is 1. The number of hydrogen-bond acceptors (Lipinski definition) is 6. The predicted molar refractivity (Wildman–Crippen MR) is 111 cm³/mol. The Kier molecular flexibility index (Phi) is 5.09. The lowest BCUT2D eigenvalue weighted by molar-refractivity contribution is 0.104. The number of nitrogens with zero attached hydrogens (tertiary/aromatic N) is 3. The fourth-order valence-electron chi connectivity index (χ4n) is 2.93. The van der Waals surface area contributed by atoms with Crippen LogP contribution in [0.4, 0.5) is 10.5 Å². The molecular formula is C21H18N4O3S. The third-order valence-electron chi connectivity index (χ3n) is 4.14. The van der Waals surface area contributed by atoms with E-state index in [2.05, 4.69) is 15.4 Å². The van der Waals surface area contributed by atoms with Crippen LogP contribution in [-0.4, -0.2) is 32.6 Å². The number of rotatable bonds is 5. The number of amides is 1. The van der Waals surface area contributed by atoms with Gasteiger partial charge in [0.05, 0.1) is 28.4 Å². The number of nitrogens with one attached hydrogen (secondary N) is 1.